The molecule has 1 atom stereocenters. The third-order valence-corrected chi connectivity index (χ3v) is 7.41. The second-order valence-electron chi connectivity index (χ2n) is 10.1. The summed E-state index contributed by atoms with van der Waals surface area (Å²) >= 11 is 0. The molecule has 3 aliphatic rings. The van der Waals surface area contributed by atoms with Crippen molar-refractivity contribution in [2.45, 2.75) is 64.7 Å². The van der Waals surface area contributed by atoms with Gasteiger partial charge in [-0.25, -0.2) is 23.1 Å². The Hall–Kier alpha value is -4.54. The summed E-state index contributed by atoms with van der Waals surface area (Å²) in [6.45, 7) is 5.89. The van der Waals surface area contributed by atoms with E-state index in [1.54, 1.807) is 29.3 Å². The molecule has 0 spiro atoms. The number of fused-ring (bicyclic) bond motifs is 2. The number of aromatic nitrogens is 3. The van der Waals surface area contributed by atoms with E-state index in [0.29, 0.717) is 37.1 Å². The molecule has 1 amide bonds. The van der Waals surface area contributed by atoms with Crippen LogP contribution in [-0.4, -0.2) is 37.1 Å². The number of hydrogen-bond acceptors (Lipinski definition) is 6. The van der Waals surface area contributed by atoms with Gasteiger partial charge >= 0.3 is 5.69 Å². The first-order chi connectivity index (χ1) is 19.8. The molecule has 1 aromatic carbocycles. The molecular formula is C30H32F2N6O3. The van der Waals surface area contributed by atoms with Crippen molar-refractivity contribution < 1.29 is 13.6 Å². The van der Waals surface area contributed by atoms with Crippen LogP contribution in [0.4, 0.5) is 8.78 Å². The summed E-state index contributed by atoms with van der Waals surface area (Å²) in [6.07, 6.45) is 8.56. The normalized spacial score (nSPS) is 21.3. The lowest BCUT2D eigenvalue weighted by molar-refractivity contribution is -0.118. The molecule has 9 nitrogen and oxygen atoms in total. The van der Waals surface area contributed by atoms with Gasteiger partial charge in [0.15, 0.2) is 5.65 Å². The summed E-state index contributed by atoms with van der Waals surface area (Å²) < 4.78 is 30.2. The van der Waals surface area contributed by atoms with E-state index in [4.69, 9.17) is 0 Å². The van der Waals surface area contributed by atoms with Gasteiger partial charge in [0.1, 0.15) is 23.5 Å². The molecule has 1 saturated carbocycles. The number of pyridine rings is 1. The minimum absolute atomic E-state index is 0.0294. The Morgan fingerprint density at radius 1 is 1.07 bits per heavy atom. The molecule has 1 fully saturated rings. The molecule has 0 saturated heterocycles. The van der Waals surface area contributed by atoms with E-state index in [1.807, 2.05) is 32.9 Å². The van der Waals surface area contributed by atoms with Crippen LogP contribution in [0.3, 0.4) is 0 Å². The SMILES string of the molecule is CC.Cc1cccc(-n2c(=O)n(C3CCC(NC(=O)C4=CN5C=C(F)C=CC5N4)CC3)c(=O)c3cc(F)cnc32)c1. The number of allylic oxidation sites excluding steroid dienone is 2. The van der Waals surface area contributed by atoms with E-state index in [9.17, 15) is 23.2 Å². The molecular weight excluding hydrogens is 530 g/mol. The summed E-state index contributed by atoms with van der Waals surface area (Å²) in [5.74, 6) is -1.36. The lowest BCUT2D eigenvalue weighted by Gasteiger charge is -2.30. The Labute approximate surface area is 235 Å². The minimum atomic E-state index is -0.660. The predicted molar refractivity (Wildman–Crippen MR) is 152 cm³/mol. The fourth-order valence-corrected chi connectivity index (χ4v) is 5.50. The van der Waals surface area contributed by atoms with Crippen LogP contribution in [0, 0.1) is 12.7 Å². The topological polar surface area (TPSA) is 101 Å². The fourth-order valence-electron chi connectivity index (χ4n) is 5.50. The molecule has 1 aliphatic carbocycles. The molecule has 3 aromatic rings. The van der Waals surface area contributed by atoms with Gasteiger partial charge in [-0.2, -0.15) is 0 Å². The predicted octanol–water partition coefficient (Wildman–Crippen LogP) is 4.07. The van der Waals surface area contributed by atoms with Crippen molar-refractivity contribution in [3.63, 3.8) is 0 Å². The highest BCUT2D eigenvalue weighted by molar-refractivity contribution is 5.93. The van der Waals surface area contributed by atoms with Gasteiger partial charge in [0.05, 0.1) is 17.3 Å². The summed E-state index contributed by atoms with van der Waals surface area (Å²) in [5.41, 5.74) is 0.783. The Balaban J connectivity index is 0.00000165. The van der Waals surface area contributed by atoms with Crippen LogP contribution in [0.2, 0.25) is 0 Å². The third kappa shape index (κ3) is 5.44. The zero-order chi connectivity index (χ0) is 29.3. The molecule has 4 heterocycles. The van der Waals surface area contributed by atoms with E-state index in [0.717, 1.165) is 17.8 Å². The van der Waals surface area contributed by atoms with Crippen LogP contribution in [0.1, 0.15) is 51.1 Å². The Bertz CT molecular complexity index is 1700. The van der Waals surface area contributed by atoms with Gasteiger partial charge < -0.3 is 15.5 Å². The smallest absolute Gasteiger partial charge is 0.337 e. The van der Waals surface area contributed by atoms with Crippen molar-refractivity contribution in [1.29, 1.82) is 0 Å². The molecule has 2 N–H and O–H groups in total. The number of hydrogen-bond donors (Lipinski definition) is 2. The molecule has 2 aromatic heterocycles. The fraction of sp³-hybridized carbons (Fsp3) is 0.333. The van der Waals surface area contributed by atoms with E-state index >= 15 is 0 Å². The van der Waals surface area contributed by atoms with Gasteiger partial charge in [0, 0.05) is 24.5 Å². The van der Waals surface area contributed by atoms with E-state index in [-0.39, 0.29) is 29.1 Å². The van der Waals surface area contributed by atoms with Gasteiger partial charge in [0.2, 0.25) is 0 Å². The first kappa shape index (κ1) is 28.0. The summed E-state index contributed by atoms with van der Waals surface area (Å²) in [6, 6.07) is 7.79. The highest BCUT2D eigenvalue weighted by atomic mass is 19.1. The van der Waals surface area contributed by atoms with Crippen molar-refractivity contribution in [2.24, 2.45) is 0 Å². The van der Waals surface area contributed by atoms with Gasteiger partial charge in [-0.05, 0) is 68.5 Å². The molecule has 11 heteroatoms. The quantitative estimate of drug-likeness (QED) is 0.497. The summed E-state index contributed by atoms with van der Waals surface area (Å²) in [4.78, 5) is 45.7. The molecule has 1 unspecified atom stereocenters. The first-order valence-corrected chi connectivity index (χ1v) is 13.8. The second kappa shape index (κ2) is 11.5. The average Bonchev–Trinajstić information content (AvgIpc) is 3.39. The van der Waals surface area contributed by atoms with Gasteiger partial charge in [-0.15, -0.1) is 0 Å². The molecule has 0 bridgehead atoms. The third-order valence-electron chi connectivity index (χ3n) is 7.41. The standard InChI is InChI=1S/C28H26F2N6O3.C2H6/c1-16-3-2-4-21(11-16)35-25-22(12-18(30)13-31-25)27(38)36(28(35)39)20-8-6-19(7-9-20)32-26(37)23-15-34-14-17(29)5-10-24(34)33-23;1-2/h2-5,10-15,19-20,24,33H,6-9H2,1H3,(H,32,37);1-2H3. The maximum atomic E-state index is 14.1. The van der Waals surface area contributed by atoms with Crippen LogP contribution < -0.4 is 21.9 Å². The summed E-state index contributed by atoms with van der Waals surface area (Å²) in [5, 5.41) is 6.08. The van der Waals surface area contributed by atoms with Crippen molar-refractivity contribution >= 4 is 16.9 Å². The molecule has 0 radical (unpaired) electrons. The van der Waals surface area contributed by atoms with Crippen LogP contribution in [0.25, 0.3) is 16.7 Å². The number of nitrogens with zero attached hydrogens (tertiary/aromatic N) is 4. The van der Waals surface area contributed by atoms with Gasteiger partial charge in [-0.1, -0.05) is 26.0 Å². The van der Waals surface area contributed by atoms with Crippen LogP contribution in [-0.2, 0) is 4.79 Å². The number of benzene rings is 1. The lowest BCUT2D eigenvalue weighted by atomic mass is 9.90. The largest absolute Gasteiger partial charge is 0.356 e. The lowest BCUT2D eigenvalue weighted by Crippen LogP contribution is -2.46. The molecule has 2 aliphatic heterocycles. The Morgan fingerprint density at radius 3 is 2.56 bits per heavy atom. The number of halogens is 2. The molecule has 214 valence electrons. The maximum absolute atomic E-state index is 14.1. The van der Waals surface area contributed by atoms with Crippen LogP contribution in [0.5, 0.6) is 0 Å². The zero-order valence-corrected chi connectivity index (χ0v) is 23.1. The van der Waals surface area contributed by atoms with E-state index in [2.05, 4.69) is 15.6 Å². The Kier molecular flexibility index (Phi) is 7.87. The molecule has 6 rings (SSSR count). The van der Waals surface area contributed by atoms with Crippen molar-refractivity contribution in [3.8, 4) is 5.69 Å². The maximum Gasteiger partial charge on any atom is 0.337 e. The number of nitrogens with one attached hydrogen (secondary N) is 2. The van der Waals surface area contributed by atoms with E-state index in [1.165, 1.54) is 21.4 Å². The van der Waals surface area contributed by atoms with Crippen molar-refractivity contribution in [2.75, 3.05) is 0 Å². The highest BCUT2D eigenvalue weighted by Crippen LogP contribution is 2.28. The number of carbonyl (C=O) groups is 1. The average molecular weight is 563 g/mol. The van der Waals surface area contributed by atoms with Crippen LogP contribution in [0.15, 0.2) is 82.2 Å². The van der Waals surface area contributed by atoms with E-state index < -0.39 is 28.9 Å². The number of carbonyl (C=O) groups excluding carboxylic acids is 1. The Morgan fingerprint density at radius 2 is 1.83 bits per heavy atom. The molecule has 41 heavy (non-hydrogen) atoms. The monoisotopic (exact) mass is 562 g/mol. The van der Waals surface area contributed by atoms with Crippen molar-refractivity contribution in [3.05, 3.63) is 105 Å². The van der Waals surface area contributed by atoms with Crippen molar-refractivity contribution in [1.82, 2.24) is 29.7 Å². The van der Waals surface area contributed by atoms with Crippen LogP contribution >= 0.6 is 0 Å². The zero-order valence-electron chi connectivity index (χ0n) is 23.1. The number of rotatable bonds is 4. The first-order valence-electron chi connectivity index (χ1n) is 13.8. The van der Waals surface area contributed by atoms with Gasteiger partial charge in [-0.3, -0.25) is 14.2 Å². The minimum Gasteiger partial charge on any atom is -0.356 e. The van der Waals surface area contributed by atoms with Gasteiger partial charge in [0.25, 0.3) is 11.5 Å². The summed E-state index contributed by atoms with van der Waals surface area (Å²) in [7, 11) is 0. The highest BCUT2D eigenvalue weighted by Gasteiger charge is 2.31. The number of aryl methyl sites for hydroxylation is 1. The number of amides is 1. The second-order valence-corrected chi connectivity index (χ2v) is 10.1.